The lowest BCUT2D eigenvalue weighted by molar-refractivity contribution is -0.131. The molecule has 2 aromatic rings. The average molecular weight is 426 g/mol. The van der Waals surface area contributed by atoms with Crippen LogP contribution in [0.3, 0.4) is 0 Å². The van der Waals surface area contributed by atoms with E-state index in [1.165, 1.54) is 0 Å². The molecule has 1 aliphatic rings. The lowest BCUT2D eigenvalue weighted by Crippen LogP contribution is -2.35. The summed E-state index contributed by atoms with van der Waals surface area (Å²) in [6, 6.07) is 17.6. The third-order valence-electron chi connectivity index (χ3n) is 5.34. The summed E-state index contributed by atoms with van der Waals surface area (Å²) in [5.74, 6) is 0.976. The second-order valence-electron chi connectivity index (χ2n) is 7.51. The van der Waals surface area contributed by atoms with Crippen LogP contribution in [0.15, 0.2) is 54.6 Å². The fraction of sp³-hybridized carbons (Fsp3) is 0.417. The van der Waals surface area contributed by atoms with Crippen LogP contribution in [0.4, 0.5) is 10.5 Å². The summed E-state index contributed by atoms with van der Waals surface area (Å²) in [6.07, 6.45) is 1.49. The molecule has 0 saturated carbocycles. The maximum Gasteiger partial charge on any atom is 0.407 e. The second kappa shape index (κ2) is 11.8. The largest absolute Gasteiger partial charge is 0.497 e. The van der Waals surface area contributed by atoms with Gasteiger partial charge in [0, 0.05) is 44.8 Å². The first-order valence-electron chi connectivity index (χ1n) is 10.8. The van der Waals surface area contributed by atoms with Crippen LogP contribution in [-0.4, -0.2) is 56.7 Å². The quantitative estimate of drug-likeness (QED) is 0.656. The molecule has 2 aromatic carbocycles. The van der Waals surface area contributed by atoms with Crippen LogP contribution in [0.5, 0.6) is 5.75 Å². The zero-order valence-electron chi connectivity index (χ0n) is 18.1. The van der Waals surface area contributed by atoms with Gasteiger partial charge in [-0.1, -0.05) is 30.3 Å². The Morgan fingerprint density at radius 3 is 2.48 bits per heavy atom. The van der Waals surface area contributed by atoms with Crippen molar-refractivity contribution in [1.29, 1.82) is 0 Å². The van der Waals surface area contributed by atoms with Gasteiger partial charge < -0.3 is 24.6 Å². The van der Waals surface area contributed by atoms with Gasteiger partial charge in [0.25, 0.3) is 0 Å². The van der Waals surface area contributed by atoms with Gasteiger partial charge in [-0.3, -0.25) is 4.79 Å². The fourth-order valence-corrected chi connectivity index (χ4v) is 3.58. The van der Waals surface area contributed by atoms with Gasteiger partial charge in [-0.25, -0.2) is 4.79 Å². The molecule has 1 aliphatic heterocycles. The highest BCUT2D eigenvalue weighted by Gasteiger charge is 2.19. The number of rotatable bonds is 8. The van der Waals surface area contributed by atoms with Gasteiger partial charge in [0.2, 0.25) is 5.91 Å². The Labute approximate surface area is 183 Å². The minimum atomic E-state index is -0.457. The number of benzene rings is 2. The molecule has 0 atom stereocenters. The van der Waals surface area contributed by atoms with E-state index in [0.717, 1.165) is 43.1 Å². The van der Waals surface area contributed by atoms with E-state index in [-0.39, 0.29) is 12.5 Å². The molecule has 166 valence electrons. The molecule has 1 N–H and O–H groups in total. The Bertz CT molecular complexity index is 826. The lowest BCUT2D eigenvalue weighted by atomic mass is 10.2. The van der Waals surface area contributed by atoms with Gasteiger partial charge in [0.15, 0.2) is 0 Å². The highest BCUT2D eigenvalue weighted by Crippen LogP contribution is 2.20. The predicted octanol–water partition coefficient (Wildman–Crippen LogP) is 3.44. The van der Waals surface area contributed by atoms with Crippen LogP contribution in [-0.2, 0) is 16.1 Å². The standard InChI is InChI=1S/C24H31N3O4/c1-30-22-12-10-21(11-13-22)26-15-6-16-27(18-17-26)23(28)9-5-14-25-24(29)31-19-20-7-3-2-4-8-20/h2-4,7-8,10-13H,5-6,9,14-19H2,1H3,(H,25,29). The molecule has 0 unspecified atom stereocenters. The number of methoxy groups -OCH3 is 1. The summed E-state index contributed by atoms with van der Waals surface area (Å²) in [6.45, 7) is 3.86. The predicted molar refractivity (Wildman–Crippen MR) is 120 cm³/mol. The summed E-state index contributed by atoms with van der Waals surface area (Å²) >= 11 is 0. The third kappa shape index (κ3) is 7.20. The fourth-order valence-electron chi connectivity index (χ4n) is 3.58. The number of hydrogen-bond acceptors (Lipinski definition) is 5. The van der Waals surface area contributed by atoms with E-state index in [4.69, 9.17) is 9.47 Å². The molecule has 0 aliphatic carbocycles. The maximum absolute atomic E-state index is 12.6. The molecule has 0 bridgehead atoms. The van der Waals surface area contributed by atoms with Gasteiger partial charge >= 0.3 is 6.09 Å². The van der Waals surface area contributed by atoms with Gasteiger partial charge in [-0.15, -0.1) is 0 Å². The molecule has 31 heavy (non-hydrogen) atoms. The maximum atomic E-state index is 12.6. The summed E-state index contributed by atoms with van der Waals surface area (Å²) in [5.41, 5.74) is 2.09. The van der Waals surface area contributed by atoms with Gasteiger partial charge in [-0.05, 0) is 42.7 Å². The van der Waals surface area contributed by atoms with E-state index in [9.17, 15) is 9.59 Å². The molecule has 0 radical (unpaired) electrons. The molecule has 1 fully saturated rings. The molecule has 7 nitrogen and oxygen atoms in total. The number of carbonyl (C=O) groups is 2. The van der Waals surface area contributed by atoms with Crippen molar-refractivity contribution in [2.75, 3.05) is 44.7 Å². The minimum absolute atomic E-state index is 0.135. The van der Waals surface area contributed by atoms with Crippen LogP contribution in [0, 0.1) is 0 Å². The van der Waals surface area contributed by atoms with Crippen LogP contribution >= 0.6 is 0 Å². The van der Waals surface area contributed by atoms with E-state index in [1.54, 1.807) is 7.11 Å². The van der Waals surface area contributed by atoms with Crippen LogP contribution in [0.25, 0.3) is 0 Å². The molecular formula is C24H31N3O4. The molecule has 7 heteroatoms. The van der Waals surface area contributed by atoms with Crippen molar-refractivity contribution in [3.63, 3.8) is 0 Å². The molecule has 2 amide bonds. The van der Waals surface area contributed by atoms with Crippen molar-refractivity contribution >= 4 is 17.7 Å². The highest BCUT2D eigenvalue weighted by atomic mass is 16.5. The number of carbonyl (C=O) groups excluding carboxylic acids is 2. The molecule has 3 rings (SSSR count). The number of anilines is 1. The first-order chi connectivity index (χ1) is 15.2. The molecule has 1 saturated heterocycles. The number of nitrogens with one attached hydrogen (secondary N) is 1. The summed E-state index contributed by atoms with van der Waals surface area (Å²) < 4.78 is 10.4. The Balaban J connectivity index is 1.33. The smallest absolute Gasteiger partial charge is 0.407 e. The van der Waals surface area contributed by atoms with Crippen molar-refractivity contribution in [3.05, 3.63) is 60.2 Å². The van der Waals surface area contributed by atoms with Crippen molar-refractivity contribution < 1.29 is 19.1 Å². The third-order valence-corrected chi connectivity index (χ3v) is 5.34. The topological polar surface area (TPSA) is 71.1 Å². The Hall–Kier alpha value is -3.22. The monoisotopic (exact) mass is 425 g/mol. The Morgan fingerprint density at radius 1 is 0.968 bits per heavy atom. The molecule has 1 heterocycles. The minimum Gasteiger partial charge on any atom is -0.497 e. The summed E-state index contributed by atoms with van der Waals surface area (Å²) in [5, 5.41) is 2.71. The first-order valence-corrected chi connectivity index (χ1v) is 10.8. The van der Waals surface area contributed by atoms with Crippen LogP contribution in [0.1, 0.15) is 24.8 Å². The Kier molecular flexibility index (Phi) is 8.58. The molecular weight excluding hydrogens is 394 g/mol. The van der Waals surface area contributed by atoms with E-state index in [0.29, 0.717) is 25.9 Å². The van der Waals surface area contributed by atoms with E-state index in [2.05, 4.69) is 22.3 Å². The highest BCUT2D eigenvalue weighted by molar-refractivity contribution is 5.76. The van der Waals surface area contributed by atoms with Crippen molar-refractivity contribution in [2.45, 2.75) is 25.9 Å². The van der Waals surface area contributed by atoms with Gasteiger partial charge in [0.1, 0.15) is 12.4 Å². The number of nitrogens with zero attached hydrogens (tertiary/aromatic N) is 2. The summed E-state index contributed by atoms with van der Waals surface area (Å²) in [7, 11) is 1.66. The van der Waals surface area contributed by atoms with Crippen molar-refractivity contribution in [1.82, 2.24) is 10.2 Å². The van der Waals surface area contributed by atoms with Crippen LogP contribution < -0.4 is 15.0 Å². The second-order valence-corrected chi connectivity index (χ2v) is 7.51. The number of hydrogen-bond donors (Lipinski definition) is 1. The van der Waals surface area contributed by atoms with E-state index >= 15 is 0 Å². The number of amides is 2. The van der Waals surface area contributed by atoms with Gasteiger partial charge in [-0.2, -0.15) is 0 Å². The molecule has 0 spiro atoms. The summed E-state index contributed by atoms with van der Waals surface area (Å²) in [4.78, 5) is 28.6. The SMILES string of the molecule is COc1ccc(N2CCCN(C(=O)CCCNC(=O)OCc3ccccc3)CC2)cc1. The average Bonchev–Trinajstić information content (AvgIpc) is 3.07. The molecule has 0 aromatic heterocycles. The lowest BCUT2D eigenvalue weighted by Gasteiger charge is -2.24. The number of ether oxygens (including phenoxy) is 2. The Morgan fingerprint density at radius 2 is 1.74 bits per heavy atom. The van der Waals surface area contributed by atoms with E-state index in [1.807, 2.05) is 47.4 Å². The zero-order chi connectivity index (χ0) is 21.9. The van der Waals surface area contributed by atoms with Crippen molar-refractivity contribution in [3.8, 4) is 5.75 Å². The van der Waals surface area contributed by atoms with Crippen LogP contribution in [0.2, 0.25) is 0 Å². The van der Waals surface area contributed by atoms with Gasteiger partial charge in [0.05, 0.1) is 7.11 Å². The normalized spacial score (nSPS) is 14.0. The first kappa shape index (κ1) is 22.5. The number of alkyl carbamates (subject to hydrolysis) is 1. The zero-order valence-corrected chi connectivity index (χ0v) is 18.1. The van der Waals surface area contributed by atoms with E-state index < -0.39 is 6.09 Å². The van der Waals surface area contributed by atoms with Crippen molar-refractivity contribution in [2.24, 2.45) is 0 Å².